The van der Waals surface area contributed by atoms with Gasteiger partial charge in [-0.3, -0.25) is 4.79 Å². The van der Waals surface area contributed by atoms with Gasteiger partial charge in [0.25, 0.3) is 0 Å². The monoisotopic (exact) mass is 340 g/mol. The number of halogens is 3. The Morgan fingerprint density at radius 1 is 1.20 bits per heavy atom. The van der Waals surface area contributed by atoms with Gasteiger partial charge in [0.05, 0.1) is 5.56 Å². The number of ketones is 1. The molecular formula is C15H11BrF2O2. The van der Waals surface area contributed by atoms with Gasteiger partial charge >= 0.3 is 0 Å². The molecule has 0 saturated heterocycles. The Morgan fingerprint density at radius 3 is 2.65 bits per heavy atom. The van der Waals surface area contributed by atoms with Gasteiger partial charge in [-0.2, -0.15) is 0 Å². The molecule has 0 unspecified atom stereocenters. The maximum absolute atomic E-state index is 13.5. The molecule has 0 aliphatic carbocycles. The normalized spacial score (nSPS) is 10.4. The summed E-state index contributed by atoms with van der Waals surface area (Å²) in [5, 5.41) is 0. The molecular weight excluding hydrogens is 330 g/mol. The maximum atomic E-state index is 13.5. The van der Waals surface area contributed by atoms with E-state index in [4.69, 9.17) is 4.74 Å². The highest BCUT2D eigenvalue weighted by Crippen LogP contribution is 2.25. The Bertz CT molecular complexity index is 656. The molecule has 2 aromatic carbocycles. The molecule has 5 heteroatoms. The standard InChI is InChI=1S/C15H11BrF2O2/c1-9(19)13-4-2-11(16)7-15(13)20-8-10-6-12(17)3-5-14(10)18/h2-7H,8H2,1H3. The first-order valence-electron chi connectivity index (χ1n) is 5.84. The van der Waals surface area contributed by atoms with Crippen molar-refractivity contribution < 1.29 is 18.3 Å². The lowest BCUT2D eigenvalue weighted by atomic mass is 10.1. The summed E-state index contributed by atoms with van der Waals surface area (Å²) in [6, 6.07) is 8.10. The van der Waals surface area contributed by atoms with Crippen molar-refractivity contribution in [2.24, 2.45) is 0 Å². The molecule has 20 heavy (non-hydrogen) atoms. The number of ether oxygens (including phenoxy) is 1. The van der Waals surface area contributed by atoms with E-state index in [1.165, 1.54) is 6.92 Å². The molecule has 0 amide bonds. The zero-order valence-electron chi connectivity index (χ0n) is 10.6. The fraction of sp³-hybridized carbons (Fsp3) is 0.133. The summed E-state index contributed by atoms with van der Waals surface area (Å²) in [4.78, 5) is 11.5. The van der Waals surface area contributed by atoms with Crippen molar-refractivity contribution in [3.05, 3.63) is 63.6 Å². The third kappa shape index (κ3) is 3.42. The van der Waals surface area contributed by atoms with Gasteiger partial charge in [-0.25, -0.2) is 8.78 Å². The number of benzene rings is 2. The van der Waals surface area contributed by atoms with E-state index < -0.39 is 11.6 Å². The molecule has 0 fully saturated rings. The molecule has 0 aromatic heterocycles. The molecule has 0 radical (unpaired) electrons. The van der Waals surface area contributed by atoms with Gasteiger partial charge in [-0.1, -0.05) is 15.9 Å². The lowest BCUT2D eigenvalue weighted by molar-refractivity contribution is 0.101. The topological polar surface area (TPSA) is 26.3 Å². The van der Waals surface area contributed by atoms with Gasteiger partial charge < -0.3 is 4.74 Å². The number of rotatable bonds is 4. The van der Waals surface area contributed by atoms with Crippen molar-refractivity contribution in [3.8, 4) is 5.75 Å². The molecule has 104 valence electrons. The molecule has 2 rings (SSSR count). The Kier molecular flexibility index (Phi) is 4.49. The maximum Gasteiger partial charge on any atom is 0.163 e. The van der Waals surface area contributed by atoms with Crippen LogP contribution in [0.2, 0.25) is 0 Å². The van der Waals surface area contributed by atoms with Gasteiger partial charge in [-0.15, -0.1) is 0 Å². The van der Waals surface area contributed by atoms with E-state index in [1.54, 1.807) is 18.2 Å². The molecule has 2 aromatic rings. The van der Waals surface area contributed by atoms with Crippen LogP contribution in [0.4, 0.5) is 8.78 Å². The summed E-state index contributed by atoms with van der Waals surface area (Å²) in [5.41, 5.74) is 0.490. The van der Waals surface area contributed by atoms with E-state index in [0.717, 1.165) is 22.7 Å². The first-order chi connectivity index (χ1) is 9.47. The Balaban J connectivity index is 2.24. The van der Waals surface area contributed by atoms with Crippen LogP contribution in [0, 0.1) is 11.6 Å². The minimum atomic E-state index is -0.550. The minimum absolute atomic E-state index is 0.0967. The summed E-state index contributed by atoms with van der Waals surface area (Å²) in [7, 11) is 0. The highest BCUT2D eigenvalue weighted by atomic mass is 79.9. The number of carbonyl (C=O) groups is 1. The van der Waals surface area contributed by atoms with Crippen LogP contribution >= 0.6 is 15.9 Å². The molecule has 0 spiro atoms. The van der Waals surface area contributed by atoms with Crippen molar-refractivity contribution in [3.63, 3.8) is 0 Å². The van der Waals surface area contributed by atoms with Crippen LogP contribution in [0.5, 0.6) is 5.75 Å². The lowest BCUT2D eigenvalue weighted by Crippen LogP contribution is -2.03. The van der Waals surface area contributed by atoms with Crippen molar-refractivity contribution in [2.75, 3.05) is 0 Å². The van der Waals surface area contributed by atoms with Crippen molar-refractivity contribution in [1.82, 2.24) is 0 Å². The molecule has 0 atom stereocenters. The Labute approximate surface area is 123 Å². The second kappa shape index (κ2) is 6.13. The van der Waals surface area contributed by atoms with E-state index in [1.807, 2.05) is 0 Å². The first kappa shape index (κ1) is 14.7. The largest absolute Gasteiger partial charge is 0.488 e. The summed E-state index contributed by atoms with van der Waals surface area (Å²) in [5.74, 6) is -0.917. The van der Waals surface area contributed by atoms with E-state index in [2.05, 4.69) is 15.9 Å². The van der Waals surface area contributed by atoms with Gasteiger partial charge in [0.2, 0.25) is 0 Å². The zero-order chi connectivity index (χ0) is 14.7. The van der Waals surface area contributed by atoms with Gasteiger partial charge in [0.15, 0.2) is 5.78 Å². The number of hydrogen-bond acceptors (Lipinski definition) is 2. The smallest absolute Gasteiger partial charge is 0.163 e. The highest BCUT2D eigenvalue weighted by Gasteiger charge is 2.11. The second-order valence-electron chi connectivity index (χ2n) is 4.22. The fourth-order valence-corrected chi connectivity index (χ4v) is 2.06. The predicted octanol–water partition coefficient (Wildman–Crippen LogP) is 4.51. The molecule has 0 heterocycles. The van der Waals surface area contributed by atoms with E-state index >= 15 is 0 Å². The van der Waals surface area contributed by atoms with Gasteiger partial charge in [-0.05, 0) is 43.3 Å². The molecule has 0 aliphatic rings. The van der Waals surface area contributed by atoms with Crippen LogP contribution in [-0.4, -0.2) is 5.78 Å². The number of hydrogen-bond donors (Lipinski definition) is 0. The van der Waals surface area contributed by atoms with E-state index in [-0.39, 0.29) is 18.0 Å². The Hall–Kier alpha value is -1.75. The minimum Gasteiger partial charge on any atom is -0.488 e. The van der Waals surface area contributed by atoms with Crippen LogP contribution in [0.3, 0.4) is 0 Å². The van der Waals surface area contributed by atoms with Crippen LogP contribution in [0.1, 0.15) is 22.8 Å². The van der Waals surface area contributed by atoms with E-state index in [9.17, 15) is 13.6 Å². The van der Waals surface area contributed by atoms with Gasteiger partial charge in [0.1, 0.15) is 24.0 Å². The van der Waals surface area contributed by atoms with Crippen LogP contribution in [0.25, 0.3) is 0 Å². The number of Topliss-reactive ketones (excluding diaryl/α,β-unsaturated/α-hetero) is 1. The molecule has 0 saturated carbocycles. The summed E-state index contributed by atoms with van der Waals surface area (Å²) in [6.07, 6.45) is 0. The van der Waals surface area contributed by atoms with Crippen LogP contribution in [-0.2, 0) is 6.61 Å². The summed E-state index contributed by atoms with van der Waals surface area (Å²) >= 11 is 3.27. The molecule has 0 N–H and O–H groups in total. The second-order valence-corrected chi connectivity index (χ2v) is 5.14. The van der Waals surface area contributed by atoms with Crippen molar-refractivity contribution in [2.45, 2.75) is 13.5 Å². The highest BCUT2D eigenvalue weighted by molar-refractivity contribution is 9.10. The molecule has 2 nitrogen and oxygen atoms in total. The fourth-order valence-electron chi connectivity index (χ4n) is 1.72. The predicted molar refractivity (Wildman–Crippen MR) is 74.8 cm³/mol. The Morgan fingerprint density at radius 2 is 1.95 bits per heavy atom. The van der Waals surface area contributed by atoms with Crippen molar-refractivity contribution in [1.29, 1.82) is 0 Å². The van der Waals surface area contributed by atoms with Crippen LogP contribution < -0.4 is 4.74 Å². The average molecular weight is 341 g/mol. The summed E-state index contributed by atoms with van der Waals surface area (Å²) < 4.78 is 32.7. The average Bonchev–Trinajstić information content (AvgIpc) is 2.39. The van der Waals surface area contributed by atoms with Crippen LogP contribution in [0.15, 0.2) is 40.9 Å². The number of carbonyl (C=O) groups excluding carboxylic acids is 1. The molecule has 0 aliphatic heterocycles. The van der Waals surface area contributed by atoms with Crippen molar-refractivity contribution >= 4 is 21.7 Å². The van der Waals surface area contributed by atoms with E-state index in [0.29, 0.717) is 11.3 Å². The summed E-state index contributed by atoms with van der Waals surface area (Å²) in [6.45, 7) is 1.26. The molecule has 0 bridgehead atoms. The first-order valence-corrected chi connectivity index (χ1v) is 6.64. The third-order valence-electron chi connectivity index (χ3n) is 2.71. The SMILES string of the molecule is CC(=O)c1ccc(Br)cc1OCc1cc(F)ccc1F. The quantitative estimate of drug-likeness (QED) is 0.765. The van der Waals surface area contributed by atoms with Gasteiger partial charge in [0, 0.05) is 10.0 Å². The third-order valence-corrected chi connectivity index (χ3v) is 3.21. The zero-order valence-corrected chi connectivity index (χ0v) is 12.2. The lowest BCUT2D eigenvalue weighted by Gasteiger charge is -2.11.